The zero-order valence-electron chi connectivity index (χ0n) is 22.3. The molecule has 7 nitrogen and oxygen atoms in total. The molecule has 0 aliphatic heterocycles. The summed E-state index contributed by atoms with van der Waals surface area (Å²) >= 11 is 1.68. The molecule has 0 bridgehead atoms. The number of hydrogen-bond donors (Lipinski definition) is 1. The first-order valence-electron chi connectivity index (χ1n) is 12.5. The second kappa shape index (κ2) is 13.7. The number of anilines is 1. The Balaban J connectivity index is 1.81. The number of carbonyl (C=O) groups excluding carboxylic acids is 2. The number of carbonyl (C=O) groups is 2. The van der Waals surface area contributed by atoms with Crippen LogP contribution in [-0.2, 0) is 17.9 Å². The quantitative estimate of drug-likeness (QED) is 0.308. The molecule has 1 atom stereocenters. The number of hydrogen-bond acceptors (Lipinski definition) is 5. The fraction of sp³-hybridized carbons (Fsp3) is 0.379. The Bertz CT molecular complexity index is 1140. The van der Waals surface area contributed by atoms with Crippen molar-refractivity contribution in [1.82, 2.24) is 9.80 Å². The van der Waals surface area contributed by atoms with Gasteiger partial charge in [0, 0.05) is 46.7 Å². The Morgan fingerprint density at radius 1 is 0.946 bits per heavy atom. The molecule has 2 aromatic carbocycles. The molecule has 198 valence electrons. The monoisotopic (exact) mass is 523 g/mol. The highest BCUT2D eigenvalue weighted by atomic mass is 32.1. The van der Waals surface area contributed by atoms with Crippen LogP contribution in [0.2, 0.25) is 0 Å². The average molecular weight is 524 g/mol. The minimum absolute atomic E-state index is 0.0194. The first kappa shape index (κ1) is 28.1. The van der Waals surface area contributed by atoms with Crippen LogP contribution >= 0.6 is 11.3 Å². The van der Waals surface area contributed by atoms with Crippen LogP contribution in [-0.4, -0.2) is 49.0 Å². The molecule has 0 fully saturated rings. The number of methoxy groups -OCH3 is 2. The second-order valence-electron chi connectivity index (χ2n) is 9.17. The van der Waals surface area contributed by atoms with Crippen molar-refractivity contribution in [2.75, 3.05) is 32.6 Å². The Hall–Kier alpha value is -3.52. The Morgan fingerprint density at radius 3 is 2.19 bits per heavy atom. The summed E-state index contributed by atoms with van der Waals surface area (Å²) < 4.78 is 10.7. The zero-order valence-corrected chi connectivity index (χ0v) is 23.1. The number of benzene rings is 2. The van der Waals surface area contributed by atoms with Gasteiger partial charge in [0.05, 0.1) is 20.8 Å². The van der Waals surface area contributed by atoms with Crippen LogP contribution in [0.4, 0.5) is 10.5 Å². The van der Waals surface area contributed by atoms with Gasteiger partial charge in [-0.05, 0) is 30.5 Å². The third-order valence-electron chi connectivity index (χ3n) is 6.16. The van der Waals surface area contributed by atoms with Crippen molar-refractivity contribution in [1.29, 1.82) is 0 Å². The Labute approximate surface area is 224 Å². The van der Waals surface area contributed by atoms with Crippen LogP contribution in [0.5, 0.6) is 11.5 Å². The summed E-state index contributed by atoms with van der Waals surface area (Å²) in [5.41, 5.74) is 1.59. The minimum atomic E-state index is -0.337. The van der Waals surface area contributed by atoms with Gasteiger partial charge in [-0.25, -0.2) is 4.79 Å². The van der Waals surface area contributed by atoms with Gasteiger partial charge >= 0.3 is 6.03 Å². The van der Waals surface area contributed by atoms with Crippen molar-refractivity contribution < 1.29 is 19.1 Å². The van der Waals surface area contributed by atoms with Gasteiger partial charge in [0.25, 0.3) is 0 Å². The Morgan fingerprint density at radius 2 is 1.62 bits per heavy atom. The van der Waals surface area contributed by atoms with E-state index in [0.717, 1.165) is 16.9 Å². The molecule has 1 heterocycles. The predicted octanol–water partition coefficient (Wildman–Crippen LogP) is 6.18. The number of thiophene rings is 1. The summed E-state index contributed by atoms with van der Waals surface area (Å²) in [7, 11) is 3.12. The fourth-order valence-electron chi connectivity index (χ4n) is 3.86. The van der Waals surface area contributed by atoms with Crippen molar-refractivity contribution >= 4 is 29.0 Å². The molecule has 0 saturated carbocycles. The van der Waals surface area contributed by atoms with Gasteiger partial charge in [0.1, 0.15) is 18.0 Å². The number of amides is 3. The van der Waals surface area contributed by atoms with Crippen LogP contribution in [0.1, 0.15) is 35.6 Å². The highest BCUT2D eigenvalue weighted by Gasteiger charge is 2.24. The zero-order chi connectivity index (χ0) is 26.8. The maximum Gasteiger partial charge on any atom is 0.322 e. The first-order chi connectivity index (χ1) is 17.8. The molecule has 0 aliphatic rings. The summed E-state index contributed by atoms with van der Waals surface area (Å²) in [6, 6.07) is 18.9. The fourth-order valence-corrected chi connectivity index (χ4v) is 4.77. The molecular formula is C29H37N3O4S. The van der Waals surface area contributed by atoms with Crippen LogP contribution in [0, 0.1) is 12.8 Å². The Kier molecular flexibility index (Phi) is 10.4. The maximum atomic E-state index is 13.7. The van der Waals surface area contributed by atoms with E-state index in [9.17, 15) is 9.59 Å². The third kappa shape index (κ3) is 8.53. The normalized spacial score (nSPS) is 11.5. The summed E-state index contributed by atoms with van der Waals surface area (Å²) in [5, 5.41) is 2.93. The van der Waals surface area contributed by atoms with E-state index in [4.69, 9.17) is 9.47 Å². The van der Waals surface area contributed by atoms with Crippen LogP contribution < -0.4 is 14.8 Å². The topological polar surface area (TPSA) is 71.1 Å². The van der Waals surface area contributed by atoms with E-state index in [1.807, 2.05) is 35.2 Å². The van der Waals surface area contributed by atoms with Crippen LogP contribution in [0.25, 0.3) is 0 Å². The molecule has 0 radical (unpaired) electrons. The van der Waals surface area contributed by atoms with Crippen molar-refractivity contribution in [2.45, 2.75) is 40.3 Å². The first-order valence-corrected chi connectivity index (χ1v) is 13.3. The van der Waals surface area contributed by atoms with Gasteiger partial charge in [0.15, 0.2) is 0 Å². The molecule has 0 aliphatic carbocycles. The standard InChI is InChI=1S/C29H37N3O4S/c1-6-21(2)17-32(29(34)30-24-14-25(35-4)16-26(15-24)36-5)20-28(33)31(18-23-10-8-7-9-11-23)19-27-13-12-22(3)37-27/h7-16,21H,6,17-20H2,1-5H3,(H,30,34). The van der Waals surface area contributed by atoms with E-state index in [0.29, 0.717) is 36.8 Å². The lowest BCUT2D eigenvalue weighted by molar-refractivity contribution is -0.133. The summed E-state index contributed by atoms with van der Waals surface area (Å²) in [5.74, 6) is 1.27. The SMILES string of the molecule is CCC(C)CN(CC(=O)N(Cc1ccccc1)Cc1ccc(C)s1)C(=O)Nc1cc(OC)cc(OC)c1. The highest BCUT2D eigenvalue weighted by Crippen LogP contribution is 2.26. The molecule has 1 unspecified atom stereocenters. The minimum Gasteiger partial charge on any atom is -0.497 e. The van der Waals surface area contributed by atoms with Crippen LogP contribution in [0.3, 0.4) is 0 Å². The molecular weight excluding hydrogens is 486 g/mol. The predicted molar refractivity (Wildman–Crippen MR) is 149 cm³/mol. The summed E-state index contributed by atoms with van der Waals surface area (Å²) in [4.78, 5) is 32.8. The molecule has 0 saturated heterocycles. The second-order valence-corrected chi connectivity index (χ2v) is 10.5. The number of ether oxygens (including phenoxy) is 2. The van der Waals surface area contributed by atoms with Crippen molar-refractivity contribution in [3.8, 4) is 11.5 Å². The van der Waals surface area contributed by atoms with E-state index in [1.54, 1.807) is 48.7 Å². The van der Waals surface area contributed by atoms with E-state index in [1.165, 1.54) is 4.88 Å². The van der Waals surface area contributed by atoms with Gasteiger partial charge in [-0.15, -0.1) is 11.3 Å². The number of rotatable bonds is 12. The van der Waals surface area contributed by atoms with Gasteiger partial charge in [0.2, 0.25) is 5.91 Å². The summed E-state index contributed by atoms with van der Waals surface area (Å²) in [6.45, 7) is 7.64. The lowest BCUT2D eigenvalue weighted by Gasteiger charge is -2.29. The molecule has 3 aromatic rings. The van der Waals surface area contributed by atoms with Crippen molar-refractivity contribution in [3.63, 3.8) is 0 Å². The van der Waals surface area contributed by atoms with Gasteiger partial charge < -0.3 is 24.6 Å². The van der Waals surface area contributed by atoms with E-state index in [-0.39, 0.29) is 24.4 Å². The lowest BCUT2D eigenvalue weighted by Crippen LogP contribution is -2.45. The van der Waals surface area contributed by atoms with E-state index < -0.39 is 0 Å². The molecule has 3 rings (SSSR count). The van der Waals surface area contributed by atoms with E-state index >= 15 is 0 Å². The molecule has 37 heavy (non-hydrogen) atoms. The molecule has 1 aromatic heterocycles. The molecule has 1 N–H and O–H groups in total. The maximum absolute atomic E-state index is 13.7. The number of nitrogens with zero attached hydrogens (tertiary/aromatic N) is 2. The van der Waals surface area contributed by atoms with Crippen LogP contribution in [0.15, 0.2) is 60.7 Å². The molecule has 0 spiro atoms. The smallest absolute Gasteiger partial charge is 0.322 e. The number of urea groups is 1. The lowest BCUT2D eigenvalue weighted by atomic mass is 10.1. The average Bonchev–Trinajstić information content (AvgIpc) is 3.32. The number of nitrogens with one attached hydrogen (secondary N) is 1. The highest BCUT2D eigenvalue weighted by molar-refractivity contribution is 7.11. The summed E-state index contributed by atoms with van der Waals surface area (Å²) in [6.07, 6.45) is 0.896. The largest absolute Gasteiger partial charge is 0.497 e. The van der Waals surface area contributed by atoms with Crippen molar-refractivity contribution in [2.24, 2.45) is 5.92 Å². The van der Waals surface area contributed by atoms with Gasteiger partial charge in [-0.1, -0.05) is 50.6 Å². The van der Waals surface area contributed by atoms with Gasteiger partial charge in [-0.2, -0.15) is 0 Å². The van der Waals surface area contributed by atoms with Gasteiger partial charge in [-0.3, -0.25) is 4.79 Å². The number of aryl methyl sites for hydroxylation is 1. The van der Waals surface area contributed by atoms with Crippen molar-refractivity contribution in [3.05, 3.63) is 76.0 Å². The molecule has 8 heteroatoms. The molecule has 3 amide bonds. The third-order valence-corrected chi connectivity index (χ3v) is 7.14. The van der Waals surface area contributed by atoms with E-state index in [2.05, 4.69) is 38.2 Å².